The number of nitrogens with zero attached hydrogens (tertiary/aromatic N) is 1. The highest BCUT2D eigenvalue weighted by Gasteiger charge is 2.22. The first-order valence-electron chi connectivity index (χ1n) is 6.59. The molecule has 0 aliphatic carbocycles. The number of hydrogen-bond acceptors (Lipinski definition) is 4. The quantitative estimate of drug-likeness (QED) is 0.337. The molecule has 6 nitrogen and oxygen atoms in total. The second-order valence-electron chi connectivity index (χ2n) is 4.92. The van der Waals surface area contributed by atoms with Crippen LogP contribution in [0.25, 0.3) is 0 Å². The third-order valence-electron chi connectivity index (χ3n) is 3.43. The molecule has 1 heterocycles. The molecule has 0 radical (unpaired) electrons. The number of carbonyl (C=O) groups excluding carboxylic acids is 1. The minimum Gasteiger partial charge on any atom is -0.409 e. The lowest BCUT2D eigenvalue weighted by Crippen LogP contribution is -2.30. The molecule has 0 saturated carbocycles. The molecule has 1 fully saturated rings. The van der Waals surface area contributed by atoms with Crippen molar-refractivity contribution in [3.63, 3.8) is 0 Å². The van der Waals surface area contributed by atoms with E-state index in [1.165, 1.54) is 0 Å². The molecule has 1 aliphatic heterocycles. The minimum absolute atomic E-state index is 0.0153. The Hall–Kier alpha value is -2.08. The van der Waals surface area contributed by atoms with Gasteiger partial charge in [-0.2, -0.15) is 0 Å². The van der Waals surface area contributed by atoms with Gasteiger partial charge in [0.05, 0.1) is 12.5 Å². The number of nitrogens with two attached hydrogens (primary N) is 1. The van der Waals surface area contributed by atoms with Crippen LogP contribution in [0.4, 0.5) is 5.69 Å². The Morgan fingerprint density at radius 2 is 2.35 bits per heavy atom. The number of hydrogen-bond donors (Lipinski definition) is 3. The number of rotatable bonds is 3. The van der Waals surface area contributed by atoms with Crippen molar-refractivity contribution in [2.75, 3.05) is 18.5 Å². The Morgan fingerprint density at radius 1 is 1.55 bits per heavy atom. The fourth-order valence-corrected chi connectivity index (χ4v) is 2.16. The van der Waals surface area contributed by atoms with Crippen molar-refractivity contribution in [1.29, 1.82) is 0 Å². The summed E-state index contributed by atoms with van der Waals surface area (Å²) in [5.74, 6) is -0.151. The van der Waals surface area contributed by atoms with Gasteiger partial charge in [-0.25, -0.2) is 0 Å². The summed E-state index contributed by atoms with van der Waals surface area (Å²) in [7, 11) is 0. The first-order chi connectivity index (χ1) is 9.61. The smallest absolute Gasteiger partial charge is 0.229 e. The average Bonchev–Trinajstić information content (AvgIpc) is 2.49. The lowest BCUT2D eigenvalue weighted by molar-refractivity contribution is -0.123. The van der Waals surface area contributed by atoms with Gasteiger partial charge in [-0.15, -0.1) is 0 Å². The van der Waals surface area contributed by atoms with Crippen LogP contribution in [-0.2, 0) is 9.53 Å². The largest absolute Gasteiger partial charge is 0.409 e. The highest BCUT2D eigenvalue weighted by Crippen LogP contribution is 2.20. The van der Waals surface area contributed by atoms with E-state index in [-0.39, 0.29) is 17.7 Å². The summed E-state index contributed by atoms with van der Waals surface area (Å²) in [6, 6.07) is 5.26. The first kappa shape index (κ1) is 14.3. The van der Waals surface area contributed by atoms with Gasteiger partial charge in [0.15, 0.2) is 5.84 Å². The molecule has 1 saturated heterocycles. The van der Waals surface area contributed by atoms with Gasteiger partial charge in [0.2, 0.25) is 5.91 Å². The van der Waals surface area contributed by atoms with Crippen molar-refractivity contribution < 1.29 is 14.7 Å². The molecule has 1 amide bonds. The summed E-state index contributed by atoms with van der Waals surface area (Å²) in [4.78, 5) is 12.2. The highest BCUT2D eigenvalue weighted by atomic mass is 16.5. The molecule has 20 heavy (non-hydrogen) atoms. The van der Waals surface area contributed by atoms with Crippen LogP contribution < -0.4 is 11.1 Å². The molecule has 1 aromatic carbocycles. The molecule has 1 atom stereocenters. The number of oxime groups is 1. The lowest BCUT2D eigenvalue weighted by Gasteiger charge is -2.21. The van der Waals surface area contributed by atoms with Gasteiger partial charge in [0.25, 0.3) is 0 Å². The summed E-state index contributed by atoms with van der Waals surface area (Å²) >= 11 is 0. The lowest BCUT2D eigenvalue weighted by atomic mass is 10.0. The number of benzene rings is 1. The molecule has 1 aromatic rings. The van der Waals surface area contributed by atoms with E-state index in [4.69, 9.17) is 15.7 Å². The molecular weight excluding hydrogens is 258 g/mol. The molecule has 2 rings (SSSR count). The van der Waals surface area contributed by atoms with Gasteiger partial charge in [0.1, 0.15) is 0 Å². The molecule has 108 valence electrons. The number of aryl methyl sites for hydroxylation is 1. The van der Waals surface area contributed by atoms with Gasteiger partial charge in [-0.3, -0.25) is 4.79 Å². The van der Waals surface area contributed by atoms with E-state index >= 15 is 0 Å². The Labute approximate surface area is 117 Å². The monoisotopic (exact) mass is 277 g/mol. The normalized spacial score (nSPS) is 19.6. The second-order valence-corrected chi connectivity index (χ2v) is 4.92. The number of nitrogens with one attached hydrogen (secondary N) is 1. The SMILES string of the molecule is Cc1ccc(C(N)=NO)cc1NC(=O)C1CCCOC1. The first-order valence-corrected chi connectivity index (χ1v) is 6.59. The molecule has 1 unspecified atom stereocenters. The molecule has 0 aromatic heterocycles. The molecule has 4 N–H and O–H groups in total. The maximum absolute atomic E-state index is 12.2. The van der Waals surface area contributed by atoms with Crippen LogP contribution in [0.1, 0.15) is 24.0 Å². The van der Waals surface area contributed by atoms with E-state index in [0.717, 1.165) is 25.0 Å². The third kappa shape index (κ3) is 3.27. The summed E-state index contributed by atoms with van der Waals surface area (Å²) < 4.78 is 5.32. The van der Waals surface area contributed by atoms with E-state index in [0.29, 0.717) is 17.9 Å². The zero-order valence-corrected chi connectivity index (χ0v) is 11.4. The molecule has 0 spiro atoms. The van der Waals surface area contributed by atoms with Crippen molar-refractivity contribution in [2.45, 2.75) is 19.8 Å². The summed E-state index contributed by atoms with van der Waals surface area (Å²) in [6.07, 6.45) is 1.74. The zero-order chi connectivity index (χ0) is 14.5. The molecule has 1 aliphatic rings. The van der Waals surface area contributed by atoms with Crippen LogP contribution in [-0.4, -0.2) is 30.2 Å². The average molecular weight is 277 g/mol. The molecule has 6 heteroatoms. The Morgan fingerprint density at radius 3 is 3.00 bits per heavy atom. The third-order valence-corrected chi connectivity index (χ3v) is 3.43. The van der Waals surface area contributed by atoms with Crippen molar-refractivity contribution in [1.82, 2.24) is 0 Å². The number of carbonyl (C=O) groups is 1. The summed E-state index contributed by atoms with van der Waals surface area (Å²) in [5.41, 5.74) is 7.71. The van der Waals surface area contributed by atoms with E-state index in [2.05, 4.69) is 10.5 Å². The van der Waals surface area contributed by atoms with Crippen LogP contribution in [0.2, 0.25) is 0 Å². The second kappa shape index (κ2) is 6.38. The summed E-state index contributed by atoms with van der Waals surface area (Å²) in [5, 5.41) is 14.5. The van der Waals surface area contributed by atoms with Crippen LogP contribution >= 0.6 is 0 Å². The molecule has 0 bridgehead atoms. The molecular formula is C14H19N3O3. The zero-order valence-electron chi connectivity index (χ0n) is 11.4. The van der Waals surface area contributed by atoms with Crippen molar-refractivity contribution >= 4 is 17.4 Å². The van der Waals surface area contributed by atoms with E-state index in [9.17, 15) is 4.79 Å². The fourth-order valence-electron chi connectivity index (χ4n) is 2.16. The van der Waals surface area contributed by atoms with E-state index in [1.54, 1.807) is 12.1 Å². The predicted octanol–water partition coefficient (Wildman–Crippen LogP) is 1.45. The van der Waals surface area contributed by atoms with Crippen LogP contribution in [0.5, 0.6) is 0 Å². The van der Waals surface area contributed by atoms with Crippen LogP contribution in [0.15, 0.2) is 23.4 Å². The highest BCUT2D eigenvalue weighted by molar-refractivity contribution is 6.00. The maximum atomic E-state index is 12.2. The van der Waals surface area contributed by atoms with Gasteiger partial charge in [-0.1, -0.05) is 17.3 Å². The van der Waals surface area contributed by atoms with Crippen molar-refractivity contribution in [3.8, 4) is 0 Å². The van der Waals surface area contributed by atoms with Gasteiger partial charge in [0, 0.05) is 17.9 Å². The Bertz CT molecular complexity index is 522. The van der Waals surface area contributed by atoms with Gasteiger partial charge >= 0.3 is 0 Å². The van der Waals surface area contributed by atoms with Crippen LogP contribution in [0.3, 0.4) is 0 Å². The van der Waals surface area contributed by atoms with Gasteiger partial charge in [-0.05, 0) is 31.4 Å². The number of anilines is 1. The van der Waals surface area contributed by atoms with Crippen molar-refractivity contribution in [2.24, 2.45) is 16.8 Å². The maximum Gasteiger partial charge on any atom is 0.229 e. The Kier molecular flexibility index (Phi) is 4.57. The standard InChI is InChI=1S/C14H19N3O3/c1-9-4-5-10(13(15)17-19)7-12(9)16-14(18)11-3-2-6-20-8-11/h4-5,7,11,19H,2-3,6,8H2,1H3,(H2,15,17)(H,16,18). The van der Waals surface area contributed by atoms with Gasteiger partial charge < -0.3 is 21.0 Å². The fraction of sp³-hybridized carbons (Fsp3) is 0.429. The number of amides is 1. The topological polar surface area (TPSA) is 96.9 Å². The number of ether oxygens (including phenoxy) is 1. The number of amidine groups is 1. The van der Waals surface area contributed by atoms with E-state index in [1.807, 2.05) is 13.0 Å². The predicted molar refractivity (Wildman–Crippen MR) is 75.9 cm³/mol. The summed E-state index contributed by atoms with van der Waals surface area (Å²) in [6.45, 7) is 3.08. The van der Waals surface area contributed by atoms with Crippen molar-refractivity contribution in [3.05, 3.63) is 29.3 Å². The van der Waals surface area contributed by atoms with E-state index < -0.39 is 0 Å². The van der Waals surface area contributed by atoms with Crippen LogP contribution in [0, 0.1) is 12.8 Å². The minimum atomic E-state index is -0.115. The Balaban J connectivity index is 2.13.